The van der Waals surface area contributed by atoms with Gasteiger partial charge in [0.25, 0.3) is 5.91 Å². The number of nitrogens with one attached hydrogen (secondary N) is 1. The summed E-state index contributed by atoms with van der Waals surface area (Å²) in [5, 5.41) is 2.52. The number of hydrogen-bond acceptors (Lipinski definition) is 2. The number of carbonyl (C=O) groups is 1. The van der Waals surface area contributed by atoms with Crippen LogP contribution >= 0.6 is 0 Å². The second-order valence-corrected chi connectivity index (χ2v) is 5.07. The second-order valence-electron chi connectivity index (χ2n) is 5.07. The van der Waals surface area contributed by atoms with Gasteiger partial charge in [0.15, 0.2) is 0 Å². The lowest BCUT2D eigenvalue weighted by Gasteiger charge is -2.28. The van der Waals surface area contributed by atoms with E-state index in [0.29, 0.717) is 6.54 Å². The Labute approximate surface area is 123 Å². The Morgan fingerprint density at radius 3 is 2.38 bits per heavy atom. The third-order valence-corrected chi connectivity index (χ3v) is 3.20. The van der Waals surface area contributed by atoms with E-state index < -0.39 is 11.7 Å². The fourth-order valence-electron chi connectivity index (χ4n) is 2.23. The molecule has 0 heterocycles. The van der Waals surface area contributed by atoms with Crippen LogP contribution < -0.4 is 5.32 Å². The minimum Gasteiger partial charge on any atom is -0.387 e. The Balaban J connectivity index is 3.33. The zero-order valence-corrected chi connectivity index (χ0v) is 12.7. The highest BCUT2D eigenvalue weighted by atomic mass is 19.4. The molecule has 21 heavy (non-hydrogen) atoms. The summed E-state index contributed by atoms with van der Waals surface area (Å²) in [4.78, 5) is 14.1. The van der Waals surface area contributed by atoms with Crippen LogP contribution in [0.15, 0.2) is 18.2 Å². The summed E-state index contributed by atoms with van der Waals surface area (Å²) in [5.74, 6) is -0.387. The first-order valence-corrected chi connectivity index (χ1v) is 6.92. The predicted molar refractivity (Wildman–Crippen MR) is 77.5 cm³/mol. The van der Waals surface area contributed by atoms with Crippen LogP contribution in [0.25, 0.3) is 0 Å². The van der Waals surface area contributed by atoms with Gasteiger partial charge in [-0.2, -0.15) is 13.2 Å². The maximum Gasteiger partial charge on any atom is 0.418 e. The molecule has 3 nitrogen and oxygen atoms in total. The molecule has 0 fully saturated rings. The van der Waals surface area contributed by atoms with Gasteiger partial charge in [-0.1, -0.05) is 13.0 Å². The molecule has 0 aliphatic carbocycles. The highest BCUT2D eigenvalue weighted by molar-refractivity contribution is 6.00. The van der Waals surface area contributed by atoms with Crippen molar-refractivity contribution in [3.63, 3.8) is 0 Å². The van der Waals surface area contributed by atoms with Crippen molar-refractivity contribution >= 4 is 11.6 Å². The lowest BCUT2D eigenvalue weighted by atomic mass is 10.0. The van der Waals surface area contributed by atoms with Gasteiger partial charge in [-0.15, -0.1) is 0 Å². The Bertz CT molecular complexity index is 498. The number of hydrogen-bond donors (Lipinski definition) is 1. The van der Waals surface area contributed by atoms with Gasteiger partial charge in [0.2, 0.25) is 0 Å². The Morgan fingerprint density at radius 2 is 1.95 bits per heavy atom. The fourth-order valence-corrected chi connectivity index (χ4v) is 2.23. The SMILES string of the molecule is CCCN(C(=O)c1cccc(C(F)(F)F)c1NC)C(C)C. The fraction of sp³-hybridized carbons (Fsp3) is 0.533. The molecular formula is C15H21F3N2O. The minimum atomic E-state index is -4.50. The molecule has 0 saturated carbocycles. The average Bonchev–Trinajstić information content (AvgIpc) is 2.41. The predicted octanol–water partition coefficient (Wildman–Crippen LogP) is 4.01. The first-order chi connectivity index (χ1) is 9.73. The van der Waals surface area contributed by atoms with Crippen molar-refractivity contribution in [2.75, 3.05) is 18.9 Å². The van der Waals surface area contributed by atoms with Crippen LogP contribution in [0.4, 0.5) is 18.9 Å². The van der Waals surface area contributed by atoms with Gasteiger partial charge in [-0.05, 0) is 32.4 Å². The zero-order chi connectivity index (χ0) is 16.2. The van der Waals surface area contributed by atoms with Crippen LogP contribution in [-0.2, 0) is 6.18 Å². The van der Waals surface area contributed by atoms with Gasteiger partial charge in [0.1, 0.15) is 0 Å². The first-order valence-electron chi connectivity index (χ1n) is 6.92. The molecule has 0 aliphatic rings. The molecule has 0 radical (unpaired) electrons. The van der Waals surface area contributed by atoms with Crippen LogP contribution in [-0.4, -0.2) is 30.4 Å². The van der Waals surface area contributed by atoms with Gasteiger partial charge in [-0.25, -0.2) is 0 Å². The van der Waals surface area contributed by atoms with E-state index in [2.05, 4.69) is 5.32 Å². The Morgan fingerprint density at radius 1 is 1.33 bits per heavy atom. The smallest absolute Gasteiger partial charge is 0.387 e. The molecule has 1 amide bonds. The lowest BCUT2D eigenvalue weighted by molar-refractivity contribution is -0.136. The van der Waals surface area contributed by atoms with Crippen LogP contribution in [0.1, 0.15) is 43.1 Å². The Hall–Kier alpha value is -1.72. The average molecular weight is 302 g/mol. The molecule has 0 aromatic heterocycles. The van der Waals surface area contributed by atoms with E-state index in [4.69, 9.17) is 0 Å². The Kier molecular flexibility index (Phi) is 5.63. The van der Waals surface area contributed by atoms with E-state index >= 15 is 0 Å². The number of halogens is 3. The number of benzene rings is 1. The van der Waals surface area contributed by atoms with Crippen molar-refractivity contribution in [2.45, 2.75) is 39.4 Å². The molecule has 1 aromatic carbocycles. The molecule has 1 aromatic rings. The summed E-state index contributed by atoms with van der Waals surface area (Å²) in [6.07, 6.45) is -3.75. The standard InChI is InChI=1S/C15H21F3N2O/c1-5-9-20(10(2)3)14(21)11-7-6-8-12(13(11)19-4)15(16,17)18/h6-8,10,19H,5,9H2,1-4H3. The first kappa shape index (κ1) is 17.3. The maximum absolute atomic E-state index is 13.0. The molecule has 0 aliphatic heterocycles. The van der Waals surface area contributed by atoms with E-state index in [1.807, 2.05) is 20.8 Å². The molecule has 6 heteroatoms. The molecule has 0 atom stereocenters. The van der Waals surface area contributed by atoms with E-state index in [1.165, 1.54) is 19.2 Å². The van der Waals surface area contributed by atoms with E-state index in [9.17, 15) is 18.0 Å². The van der Waals surface area contributed by atoms with Gasteiger partial charge in [0.05, 0.1) is 16.8 Å². The highest BCUT2D eigenvalue weighted by Gasteiger charge is 2.35. The van der Waals surface area contributed by atoms with E-state index in [0.717, 1.165) is 12.5 Å². The summed E-state index contributed by atoms with van der Waals surface area (Å²) in [5.41, 5.74) is -0.942. The molecule has 1 N–H and O–H groups in total. The third kappa shape index (κ3) is 3.89. The molecule has 118 valence electrons. The topological polar surface area (TPSA) is 32.3 Å². The normalized spacial score (nSPS) is 11.6. The minimum absolute atomic E-state index is 0.0504. The number of rotatable bonds is 5. The third-order valence-electron chi connectivity index (χ3n) is 3.20. The van der Waals surface area contributed by atoms with Crippen LogP contribution in [0.3, 0.4) is 0 Å². The van der Waals surface area contributed by atoms with Crippen molar-refractivity contribution in [3.05, 3.63) is 29.3 Å². The zero-order valence-electron chi connectivity index (χ0n) is 12.7. The van der Waals surface area contributed by atoms with Gasteiger partial charge in [-0.3, -0.25) is 4.79 Å². The van der Waals surface area contributed by atoms with Crippen LogP contribution in [0.5, 0.6) is 0 Å². The van der Waals surface area contributed by atoms with E-state index in [1.54, 1.807) is 4.90 Å². The molecule has 0 saturated heterocycles. The number of nitrogens with zero attached hydrogens (tertiary/aromatic N) is 1. The molecule has 1 rings (SSSR count). The molecule has 0 unspecified atom stereocenters. The number of para-hydroxylation sites is 1. The van der Waals surface area contributed by atoms with Gasteiger partial charge in [0, 0.05) is 19.6 Å². The summed E-state index contributed by atoms with van der Waals surface area (Å²) in [6.45, 7) is 6.13. The van der Waals surface area contributed by atoms with Crippen molar-refractivity contribution in [2.24, 2.45) is 0 Å². The molecular weight excluding hydrogens is 281 g/mol. The van der Waals surface area contributed by atoms with Gasteiger partial charge >= 0.3 is 6.18 Å². The van der Waals surface area contributed by atoms with Crippen molar-refractivity contribution in [1.29, 1.82) is 0 Å². The summed E-state index contributed by atoms with van der Waals surface area (Å²) >= 11 is 0. The number of carbonyl (C=O) groups excluding carboxylic acids is 1. The largest absolute Gasteiger partial charge is 0.418 e. The van der Waals surface area contributed by atoms with Crippen molar-refractivity contribution < 1.29 is 18.0 Å². The van der Waals surface area contributed by atoms with Crippen LogP contribution in [0.2, 0.25) is 0 Å². The van der Waals surface area contributed by atoms with Crippen molar-refractivity contribution in [1.82, 2.24) is 4.90 Å². The van der Waals surface area contributed by atoms with E-state index in [-0.39, 0.29) is 23.2 Å². The van der Waals surface area contributed by atoms with Crippen molar-refractivity contribution in [3.8, 4) is 0 Å². The summed E-state index contributed by atoms with van der Waals surface area (Å²) in [6, 6.07) is 3.59. The second kappa shape index (κ2) is 6.83. The highest BCUT2D eigenvalue weighted by Crippen LogP contribution is 2.36. The molecule has 0 spiro atoms. The molecule has 0 bridgehead atoms. The summed E-state index contributed by atoms with van der Waals surface area (Å²) in [7, 11) is 1.39. The quantitative estimate of drug-likeness (QED) is 0.891. The maximum atomic E-state index is 13.0. The van der Waals surface area contributed by atoms with Crippen LogP contribution in [0, 0.1) is 0 Å². The number of amides is 1. The van der Waals surface area contributed by atoms with Gasteiger partial charge < -0.3 is 10.2 Å². The monoisotopic (exact) mass is 302 g/mol. The number of alkyl halides is 3. The number of anilines is 1. The summed E-state index contributed by atoms with van der Waals surface area (Å²) < 4.78 is 39.1. The lowest BCUT2D eigenvalue weighted by Crippen LogP contribution is -2.38.